The number of para-hydroxylation sites is 1. The van der Waals surface area contributed by atoms with Gasteiger partial charge in [0.25, 0.3) is 11.1 Å². The molecule has 1 aromatic carbocycles. The fourth-order valence-corrected chi connectivity index (χ4v) is 4.26. The number of aromatic nitrogens is 4. The zero-order valence-electron chi connectivity index (χ0n) is 16.6. The highest BCUT2D eigenvalue weighted by atomic mass is 32.2. The molecule has 148 valence electrons. The number of thioether (sulfide) groups is 1. The number of pyridine rings is 1. The summed E-state index contributed by atoms with van der Waals surface area (Å²) in [6.45, 7) is 6.01. The van der Waals surface area contributed by atoms with Crippen molar-refractivity contribution in [2.24, 2.45) is 0 Å². The van der Waals surface area contributed by atoms with Crippen LogP contribution in [0.4, 0.5) is 0 Å². The van der Waals surface area contributed by atoms with Gasteiger partial charge < -0.3 is 0 Å². The quantitative estimate of drug-likeness (QED) is 0.370. The van der Waals surface area contributed by atoms with E-state index < -0.39 is 0 Å². The molecule has 7 heteroatoms. The molecule has 0 saturated heterocycles. The van der Waals surface area contributed by atoms with Crippen LogP contribution in [0, 0.1) is 6.92 Å². The van der Waals surface area contributed by atoms with E-state index in [1.54, 1.807) is 21.2 Å². The summed E-state index contributed by atoms with van der Waals surface area (Å²) in [5.74, 6) is 0.459. The minimum atomic E-state index is -0.111. The molecule has 0 amide bonds. The van der Waals surface area contributed by atoms with Gasteiger partial charge in [0.15, 0.2) is 5.16 Å². The Kier molecular flexibility index (Phi) is 5.24. The first kappa shape index (κ1) is 19.4. The summed E-state index contributed by atoms with van der Waals surface area (Å²) in [5.41, 5.74) is 2.82. The fraction of sp³-hybridized carbons (Fsp3) is 0.273. The van der Waals surface area contributed by atoms with Gasteiger partial charge in [-0.05, 0) is 44.0 Å². The van der Waals surface area contributed by atoms with Crippen LogP contribution < -0.4 is 11.1 Å². The second kappa shape index (κ2) is 7.83. The molecular formula is C22H22N4O2S. The van der Waals surface area contributed by atoms with Crippen molar-refractivity contribution >= 4 is 28.3 Å². The van der Waals surface area contributed by atoms with Crippen molar-refractivity contribution in [3.8, 4) is 0 Å². The Morgan fingerprint density at radius 3 is 2.69 bits per heavy atom. The van der Waals surface area contributed by atoms with Gasteiger partial charge in [0.1, 0.15) is 5.65 Å². The van der Waals surface area contributed by atoms with Crippen LogP contribution in [-0.4, -0.2) is 18.9 Å². The molecule has 0 bridgehead atoms. The summed E-state index contributed by atoms with van der Waals surface area (Å²) in [6, 6.07) is 12.7. The molecule has 0 fully saturated rings. The van der Waals surface area contributed by atoms with Crippen LogP contribution in [0.1, 0.15) is 37.6 Å². The summed E-state index contributed by atoms with van der Waals surface area (Å²) >= 11 is 1.43. The minimum absolute atomic E-state index is 0.0280. The molecule has 0 unspecified atom stereocenters. The molecule has 0 saturated carbocycles. The van der Waals surface area contributed by atoms with E-state index in [2.05, 4.69) is 11.9 Å². The van der Waals surface area contributed by atoms with Crippen molar-refractivity contribution < 1.29 is 0 Å². The summed E-state index contributed by atoms with van der Waals surface area (Å²) in [4.78, 5) is 34.8. The number of hydrogen-bond acceptors (Lipinski definition) is 5. The third kappa shape index (κ3) is 3.70. The predicted molar refractivity (Wildman–Crippen MR) is 117 cm³/mol. The van der Waals surface area contributed by atoms with E-state index in [0.29, 0.717) is 33.2 Å². The van der Waals surface area contributed by atoms with E-state index in [0.717, 1.165) is 12.0 Å². The van der Waals surface area contributed by atoms with Gasteiger partial charge in [-0.25, -0.2) is 9.97 Å². The molecule has 0 spiro atoms. The minimum Gasteiger partial charge on any atom is -0.284 e. The smallest absolute Gasteiger partial charge is 0.262 e. The van der Waals surface area contributed by atoms with E-state index in [-0.39, 0.29) is 17.2 Å². The lowest BCUT2D eigenvalue weighted by atomic mass is 10.2. The first-order valence-electron chi connectivity index (χ1n) is 9.61. The summed E-state index contributed by atoms with van der Waals surface area (Å²) < 4.78 is 3.30. The van der Waals surface area contributed by atoms with Crippen LogP contribution >= 0.6 is 11.8 Å². The van der Waals surface area contributed by atoms with E-state index in [4.69, 9.17) is 4.98 Å². The van der Waals surface area contributed by atoms with E-state index >= 15 is 0 Å². The third-order valence-electron chi connectivity index (χ3n) is 5.02. The van der Waals surface area contributed by atoms with Gasteiger partial charge in [-0.15, -0.1) is 0 Å². The Hall–Kier alpha value is -2.93. The number of fused-ring (bicyclic) bond motifs is 2. The van der Waals surface area contributed by atoms with Gasteiger partial charge in [0.05, 0.1) is 16.6 Å². The molecule has 3 aromatic heterocycles. The SMILES string of the molecule is CC[C@@H](C)n1c(SCc2cc(=O)n3cc(C)ccc3n2)nc2ccccc2c1=O. The number of aryl methyl sites for hydroxylation is 1. The lowest BCUT2D eigenvalue weighted by Crippen LogP contribution is -2.26. The first-order chi connectivity index (χ1) is 14.0. The molecule has 0 aliphatic rings. The average Bonchev–Trinajstić information content (AvgIpc) is 2.72. The van der Waals surface area contributed by atoms with Crippen molar-refractivity contribution in [3.63, 3.8) is 0 Å². The van der Waals surface area contributed by atoms with Crippen molar-refractivity contribution in [2.75, 3.05) is 0 Å². The topological polar surface area (TPSA) is 69.3 Å². The van der Waals surface area contributed by atoms with Crippen LogP contribution in [0.3, 0.4) is 0 Å². The number of hydrogen-bond donors (Lipinski definition) is 0. The average molecular weight is 407 g/mol. The number of nitrogens with zero attached hydrogens (tertiary/aromatic N) is 4. The van der Waals surface area contributed by atoms with Gasteiger partial charge >= 0.3 is 0 Å². The van der Waals surface area contributed by atoms with Crippen LogP contribution in [0.15, 0.2) is 63.4 Å². The molecular weight excluding hydrogens is 384 g/mol. The second-order valence-electron chi connectivity index (χ2n) is 7.15. The molecule has 4 aromatic rings. The normalized spacial score (nSPS) is 12.5. The molecule has 3 heterocycles. The van der Waals surface area contributed by atoms with Crippen LogP contribution in [0.5, 0.6) is 0 Å². The highest BCUT2D eigenvalue weighted by Crippen LogP contribution is 2.24. The largest absolute Gasteiger partial charge is 0.284 e. The lowest BCUT2D eigenvalue weighted by Gasteiger charge is -2.18. The Morgan fingerprint density at radius 1 is 1.10 bits per heavy atom. The maximum Gasteiger partial charge on any atom is 0.262 e. The highest BCUT2D eigenvalue weighted by Gasteiger charge is 2.16. The van der Waals surface area contributed by atoms with E-state index in [1.165, 1.54) is 11.8 Å². The van der Waals surface area contributed by atoms with E-state index in [1.807, 2.05) is 50.2 Å². The monoisotopic (exact) mass is 406 g/mol. The first-order valence-corrected chi connectivity index (χ1v) is 10.6. The molecule has 6 nitrogen and oxygen atoms in total. The molecule has 0 aliphatic heterocycles. The van der Waals surface area contributed by atoms with Gasteiger partial charge in [-0.1, -0.05) is 36.9 Å². The Labute approximate surface area is 172 Å². The van der Waals surface area contributed by atoms with Gasteiger partial charge in [-0.2, -0.15) is 0 Å². The van der Waals surface area contributed by atoms with Crippen molar-refractivity contribution in [3.05, 3.63) is 80.6 Å². The molecule has 1 atom stereocenters. The molecule has 4 rings (SSSR count). The lowest BCUT2D eigenvalue weighted by molar-refractivity contribution is 0.468. The zero-order chi connectivity index (χ0) is 20.5. The summed E-state index contributed by atoms with van der Waals surface area (Å²) in [5, 5.41) is 1.27. The number of rotatable bonds is 5. The maximum absolute atomic E-state index is 13.1. The Bertz CT molecular complexity index is 1330. The van der Waals surface area contributed by atoms with Gasteiger partial charge in [0.2, 0.25) is 0 Å². The highest BCUT2D eigenvalue weighted by molar-refractivity contribution is 7.98. The Morgan fingerprint density at radius 2 is 1.90 bits per heavy atom. The van der Waals surface area contributed by atoms with Crippen LogP contribution in [0.25, 0.3) is 16.6 Å². The van der Waals surface area contributed by atoms with Gasteiger partial charge in [0, 0.05) is 24.1 Å². The van der Waals surface area contributed by atoms with Crippen molar-refractivity contribution in [1.29, 1.82) is 0 Å². The fourth-order valence-electron chi connectivity index (χ4n) is 3.27. The van der Waals surface area contributed by atoms with Crippen LogP contribution in [0.2, 0.25) is 0 Å². The van der Waals surface area contributed by atoms with Crippen molar-refractivity contribution in [2.45, 2.75) is 44.1 Å². The second-order valence-corrected chi connectivity index (χ2v) is 8.10. The Balaban J connectivity index is 1.74. The molecule has 0 aliphatic carbocycles. The molecule has 0 radical (unpaired) electrons. The van der Waals surface area contributed by atoms with E-state index in [9.17, 15) is 9.59 Å². The summed E-state index contributed by atoms with van der Waals surface area (Å²) in [6.07, 6.45) is 2.61. The number of benzene rings is 1. The third-order valence-corrected chi connectivity index (χ3v) is 6.00. The standard InChI is InChI=1S/C22H22N4O2S/c1-4-15(3)26-21(28)17-7-5-6-8-18(17)24-22(26)29-13-16-11-20(27)25-12-14(2)9-10-19(25)23-16/h5-12,15H,4,13H2,1-3H3/t15-/m1/s1. The van der Waals surface area contributed by atoms with Gasteiger partial charge in [-0.3, -0.25) is 18.6 Å². The van der Waals surface area contributed by atoms with Crippen molar-refractivity contribution in [1.82, 2.24) is 18.9 Å². The summed E-state index contributed by atoms with van der Waals surface area (Å²) in [7, 11) is 0. The predicted octanol–water partition coefficient (Wildman–Crippen LogP) is 3.98. The van der Waals surface area contributed by atoms with Crippen LogP contribution in [-0.2, 0) is 5.75 Å². The molecule has 29 heavy (non-hydrogen) atoms. The zero-order valence-corrected chi connectivity index (χ0v) is 17.4. The maximum atomic E-state index is 13.1. The molecule has 0 N–H and O–H groups in total.